The first-order chi connectivity index (χ1) is 14.2. The Bertz CT molecular complexity index is 771. The molecule has 0 aromatic heterocycles. The second-order valence-electron chi connectivity index (χ2n) is 8.10. The summed E-state index contributed by atoms with van der Waals surface area (Å²) in [5.41, 5.74) is 2.41. The Morgan fingerprint density at radius 2 is 1.24 bits per heavy atom. The molecule has 1 saturated carbocycles. The number of rotatable bonds is 7. The molecule has 2 fully saturated rings. The van der Waals surface area contributed by atoms with Crippen LogP contribution in [-0.4, -0.2) is 59.2 Å². The van der Waals surface area contributed by atoms with Crippen LogP contribution in [0.4, 0.5) is 0 Å². The summed E-state index contributed by atoms with van der Waals surface area (Å²) >= 11 is 0. The molecule has 2 aromatic carbocycles. The first-order valence-electron chi connectivity index (χ1n) is 10.6. The highest BCUT2D eigenvalue weighted by Crippen LogP contribution is 2.31. The van der Waals surface area contributed by atoms with E-state index in [0.29, 0.717) is 32.7 Å². The van der Waals surface area contributed by atoms with Gasteiger partial charge in [-0.3, -0.25) is 14.5 Å². The van der Waals surface area contributed by atoms with Crippen molar-refractivity contribution in [1.82, 2.24) is 14.7 Å². The molecular formula is C24H29N3O2. The van der Waals surface area contributed by atoms with E-state index in [1.54, 1.807) is 0 Å². The van der Waals surface area contributed by atoms with Gasteiger partial charge in [-0.25, -0.2) is 0 Å². The van der Waals surface area contributed by atoms with Gasteiger partial charge in [0.05, 0.1) is 6.54 Å². The number of nitrogens with zero attached hydrogens (tertiary/aromatic N) is 3. The minimum absolute atomic E-state index is 0.149. The number of piperazine rings is 1. The van der Waals surface area contributed by atoms with Crippen molar-refractivity contribution in [2.75, 3.05) is 32.7 Å². The lowest BCUT2D eigenvalue weighted by Crippen LogP contribution is -2.52. The zero-order chi connectivity index (χ0) is 20.1. The van der Waals surface area contributed by atoms with Crippen LogP contribution in [0, 0.1) is 5.92 Å². The van der Waals surface area contributed by atoms with E-state index in [-0.39, 0.29) is 17.7 Å². The lowest BCUT2D eigenvalue weighted by atomic mass is 10.1. The highest BCUT2D eigenvalue weighted by atomic mass is 16.2. The quantitative estimate of drug-likeness (QED) is 0.729. The molecule has 152 valence electrons. The second-order valence-corrected chi connectivity index (χ2v) is 8.10. The third-order valence-electron chi connectivity index (χ3n) is 5.73. The highest BCUT2D eigenvalue weighted by Gasteiger charge is 2.35. The van der Waals surface area contributed by atoms with E-state index in [9.17, 15) is 9.59 Å². The molecule has 0 spiro atoms. The van der Waals surface area contributed by atoms with Gasteiger partial charge in [-0.1, -0.05) is 60.7 Å². The van der Waals surface area contributed by atoms with Gasteiger partial charge in [0.2, 0.25) is 11.8 Å². The third-order valence-corrected chi connectivity index (χ3v) is 5.73. The Labute approximate surface area is 172 Å². The molecular weight excluding hydrogens is 362 g/mol. The van der Waals surface area contributed by atoms with Gasteiger partial charge in [0.1, 0.15) is 0 Å². The third kappa shape index (κ3) is 5.45. The van der Waals surface area contributed by atoms with Gasteiger partial charge >= 0.3 is 0 Å². The summed E-state index contributed by atoms with van der Waals surface area (Å²) in [4.78, 5) is 31.3. The molecule has 2 aliphatic rings. The number of hydrogen-bond acceptors (Lipinski definition) is 3. The Balaban J connectivity index is 1.36. The van der Waals surface area contributed by atoms with Crippen molar-refractivity contribution in [2.24, 2.45) is 5.92 Å². The van der Waals surface area contributed by atoms with Gasteiger partial charge < -0.3 is 9.80 Å². The topological polar surface area (TPSA) is 43.9 Å². The Morgan fingerprint density at radius 1 is 0.759 bits per heavy atom. The fraction of sp³-hybridized carbons (Fsp3) is 0.417. The van der Waals surface area contributed by atoms with Crippen LogP contribution in [-0.2, 0) is 22.7 Å². The molecule has 2 aromatic rings. The first-order valence-corrected chi connectivity index (χ1v) is 10.6. The molecule has 2 amide bonds. The van der Waals surface area contributed by atoms with E-state index < -0.39 is 0 Å². The Morgan fingerprint density at radius 3 is 1.72 bits per heavy atom. The average molecular weight is 392 g/mol. The van der Waals surface area contributed by atoms with Crippen LogP contribution in [0.15, 0.2) is 60.7 Å². The molecule has 0 bridgehead atoms. The summed E-state index contributed by atoms with van der Waals surface area (Å²) in [5.74, 6) is 0.687. The molecule has 1 aliphatic carbocycles. The fourth-order valence-corrected chi connectivity index (χ4v) is 3.91. The highest BCUT2D eigenvalue weighted by molar-refractivity contribution is 5.82. The fourth-order valence-electron chi connectivity index (χ4n) is 3.91. The smallest absolute Gasteiger partial charge is 0.236 e. The number of benzene rings is 2. The molecule has 1 heterocycles. The SMILES string of the molecule is O=C(CN(Cc1ccccc1)Cc1ccccc1)N1CCN(C(=O)C2CC2)CC1. The van der Waals surface area contributed by atoms with Crippen LogP contribution in [0.25, 0.3) is 0 Å². The van der Waals surface area contributed by atoms with Crippen molar-refractivity contribution in [3.63, 3.8) is 0 Å². The summed E-state index contributed by atoms with van der Waals surface area (Å²) in [6.07, 6.45) is 2.07. The van der Waals surface area contributed by atoms with E-state index >= 15 is 0 Å². The van der Waals surface area contributed by atoms with Crippen LogP contribution < -0.4 is 0 Å². The van der Waals surface area contributed by atoms with Crippen molar-refractivity contribution in [2.45, 2.75) is 25.9 Å². The number of hydrogen-bond donors (Lipinski definition) is 0. The van der Waals surface area contributed by atoms with Crippen molar-refractivity contribution in [1.29, 1.82) is 0 Å². The maximum atomic E-state index is 13.0. The summed E-state index contributed by atoms with van der Waals surface area (Å²) in [6.45, 7) is 4.48. The molecule has 5 heteroatoms. The van der Waals surface area contributed by atoms with E-state index in [4.69, 9.17) is 0 Å². The van der Waals surface area contributed by atoms with Gasteiger partial charge in [0, 0.05) is 45.2 Å². The zero-order valence-electron chi connectivity index (χ0n) is 16.9. The van der Waals surface area contributed by atoms with Crippen LogP contribution in [0.2, 0.25) is 0 Å². The molecule has 0 atom stereocenters. The van der Waals surface area contributed by atoms with Crippen molar-refractivity contribution in [3.8, 4) is 0 Å². The lowest BCUT2D eigenvalue weighted by Gasteiger charge is -2.36. The van der Waals surface area contributed by atoms with Crippen LogP contribution in [0.1, 0.15) is 24.0 Å². The number of carbonyl (C=O) groups excluding carboxylic acids is 2. The first kappa shape index (κ1) is 19.6. The van der Waals surface area contributed by atoms with Gasteiger partial charge in [-0.05, 0) is 24.0 Å². The predicted octanol–water partition coefficient (Wildman–Crippen LogP) is 2.77. The summed E-state index contributed by atoms with van der Waals surface area (Å²) < 4.78 is 0. The molecule has 1 aliphatic heterocycles. The van der Waals surface area contributed by atoms with E-state index in [2.05, 4.69) is 29.2 Å². The monoisotopic (exact) mass is 391 g/mol. The normalized spacial score (nSPS) is 16.9. The molecule has 0 unspecified atom stereocenters. The number of amides is 2. The van der Waals surface area contributed by atoms with E-state index in [1.165, 1.54) is 11.1 Å². The minimum Gasteiger partial charge on any atom is -0.339 e. The summed E-state index contributed by atoms with van der Waals surface area (Å²) in [6, 6.07) is 20.6. The van der Waals surface area contributed by atoms with Gasteiger partial charge in [-0.15, -0.1) is 0 Å². The second kappa shape index (κ2) is 9.23. The number of carbonyl (C=O) groups is 2. The van der Waals surface area contributed by atoms with Crippen molar-refractivity contribution >= 4 is 11.8 Å². The predicted molar refractivity (Wildman–Crippen MR) is 113 cm³/mol. The van der Waals surface area contributed by atoms with Crippen molar-refractivity contribution < 1.29 is 9.59 Å². The maximum absolute atomic E-state index is 13.0. The van der Waals surface area contributed by atoms with Crippen molar-refractivity contribution in [3.05, 3.63) is 71.8 Å². The molecule has 1 saturated heterocycles. The van der Waals surface area contributed by atoms with E-state index in [1.807, 2.05) is 46.2 Å². The summed E-state index contributed by atoms with van der Waals surface area (Å²) in [5, 5.41) is 0. The molecule has 5 nitrogen and oxygen atoms in total. The Hall–Kier alpha value is -2.66. The largest absolute Gasteiger partial charge is 0.339 e. The van der Waals surface area contributed by atoms with Crippen LogP contribution in [0.3, 0.4) is 0 Å². The van der Waals surface area contributed by atoms with Gasteiger partial charge in [0.15, 0.2) is 0 Å². The lowest BCUT2D eigenvalue weighted by molar-refractivity contribution is -0.141. The van der Waals surface area contributed by atoms with Crippen LogP contribution in [0.5, 0.6) is 0 Å². The van der Waals surface area contributed by atoms with Gasteiger partial charge in [0.25, 0.3) is 0 Å². The molecule has 4 rings (SSSR count). The Kier molecular flexibility index (Phi) is 6.25. The molecule has 0 radical (unpaired) electrons. The zero-order valence-corrected chi connectivity index (χ0v) is 16.9. The molecule has 0 N–H and O–H groups in total. The van der Waals surface area contributed by atoms with Crippen LogP contribution >= 0.6 is 0 Å². The van der Waals surface area contributed by atoms with E-state index in [0.717, 1.165) is 25.9 Å². The average Bonchev–Trinajstić information content (AvgIpc) is 3.60. The minimum atomic E-state index is 0.149. The maximum Gasteiger partial charge on any atom is 0.236 e. The standard InChI is InChI=1S/C24H29N3O2/c28-23(26-13-15-27(16-14-26)24(29)22-11-12-22)19-25(17-20-7-3-1-4-8-20)18-21-9-5-2-6-10-21/h1-10,22H,11-19H2. The molecule has 29 heavy (non-hydrogen) atoms. The van der Waals surface area contributed by atoms with Gasteiger partial charge in [-0.2, -0.15) is 0 Å². The summed E-state index contributed by atoms with van der Waals surface area (Å²) in [7, 11) is 0.